The summed E-state index contributed by atoms with van der Waals surface area (Å²) in [5, 5.41) is 17.6. The van der Waals surface area contributed by atoms with Crippen LogP contribution in [0.5, 0.6) is 5.75 Å². The Bertz CT molecular complexity index is 696. The van der Waals surface area contributed by atoms with Crippen molar-refractivity contribution in [2.24, 2.45) is 0 Å². The predicted octanol–water partition coefficient (Wildman–Crippen LogP) is 1.27. The van der Waals surface area contributed by atoms with Gasteiger partial charge >= 0.3 is 0 Å². The van der Waals surface area contributed by atoms with Crippen LogP contribution >= 0.6 is 0 Å². The Kier molecular flexibility index (Phi) is 4.66. The van der Waals surface area contributed by atoms with Crippen LogP contribution < -0.4 is 4.74 Å². The Morgan fingerprint density at radius 3 is 3.05 bits per heavy atom. The molecule has 0 atom stereocenters. The summed E-state index contributed by atoms with van der Waals surface area (Å²) < 4.78 is 5.57. The minimum atomic E-state index is -0.202. The fraction of sp³-hybridized carbons (Fsp3) is 0.133. The standard InChI is InChI=1S/C15H11N3O2/c16-8-15-13(4-1-5-18-15)11-20-14-7-12(3-2-6-19)9-17-10-14/h1,4-5,7,9-10,19H,6,11H2. The highest BCUT2D eigenvalue weighted by atomic mass is 16.5. The number of pyridine rings is 2. The second kappa shape index (κ2) is 6.89. The van der Waals surface area contributed by atoms with Gasteiger partial charge in [0.15, 0.2) is 0 Å². The maximum Gasteiger partial charge on any atom is 0.147 e. The lowest BCUT2D eigenvalue weighted by Crippen LogP contribution is -2.00. The molecule has 0 amide bonds. The normalized spacial score (nSPS) is 9.20. The van der Waals surface area contributed by atoms with Gasteiger partial charge < -0.3 is 9.84 Å². The molecule has 0 aliphatic heterocycles. The summed E-state index contributed by atoms with van der Waals surface area (Å²) in [6.07, 6.45) is 4.71. The average molecular weight is 265 g/mol. The first-order valence-corrected chi connectivity index (χ1v) is 5.85. The lowest BCUT2D eigenvalue weighted by Gasteiger charge is -2.06. The highest BCUT2D eigenvalue weighted by Gasteiger charge is 2.03. The summed E-state index contributed by atoms with van der Waals surface area (Å²) in [5.74, 6) is 5.83. The van der Waals surface area contributed by atoms with Crippen LogP contribution in [0.2, 0.25) is 0 Å². The molecule has 20 heavy (non-hydrogen) atoms. The van der Waals surface area contributed by atoms with Crippen molar-refractivity contribution in [1.29, 1.82) is 5.26 Å². The molecule has 0 aliphatic rings. The number of hydrogen-bond donors (Lipinski definition) is 1. The number of aliphatic hydroxyl groups is 1. The van der Waals surface area contributed by atoms with Gasteiger partial charge in [-0.3, -0.25) is 4.98 Å². The SMILES string of the molecule is N#Cc1ncccc1COc1cncc(C#CCO)c1. The molecule has 2 rings (SSSR count). The van der Waals surface area contributed by atoms with Crippen LogP contribution in [0.1, 0.15) is 16.8 Å². The van der Waals surface area contributed by atoms with Gasteiger partial charge in [0.2, 0.25) is 0 Å². The van der Waals surface area contributed by atoms with Crippen molar-refractivity contribution in [3.63, 3.8) is 0 Å². The molecule has 0 saturated heterocycles. The van der Waals surface area contributed by atoms with Crippen molar-refractivity contribution in [3.8, 4) is 23.7 Å². The number of aliphatic hydroxyl groups excluding tert-OH is 1. The Morgan fingerprint density at radius 1 is 1.35 bits per heavy atom. The summed E-state index contributed by atoms with van der Waals surface area (Å²) in [5.41, 5.74) is 1.71. The van der Waals surface area contributed by atoms with E-state index in [2.05, 4.69) is 21.8 Å². The van der Waals surface area contributed by atoms with Crippen LogP contribution in [0.25, 0.3) is 0 Å². The van der Waals surface area contributed by atoms with Crippen molar-refractivity contribution < 1.29 is 9.84 Å². The van der Waals surface area contributed by atoms with Crippen LogP contribution in [-0.2, 0) is 6.61 Å². The molecule has 0 unspecified atom stereocenters. The van der Waals surface area contributed by atoms with Crippen molar-refractivity contribution in [3.05, 3.63) is 53.6 Å². The molecule has 5 heteroatoms. The number of rotatable bonds is 3. The maximum atomic E-state index is 8.93. The Hall–Kier alpha value is -2.89. The van der Waals surface area contributed by atoms with E-state index in [0.717, 1.165) is 0 Å². The van der Waals surface area contributed by atoms with Gasteiger partial charge in [0.25, 0.3) is 0 Å². The van der Waals surface area contributed by atoms with Gasteiger partial charge in [-0.25, -0.2) is 4.98 Å². The van der Waals surface area contributed by atoms with E-state index in [9.17, 15) is 0 Å². The van der Waals surface area contributed by atoms with Gasteiger partial charge in [-0.05, 0) is 12.1 Å². The fourth-order valence-electron chi connectivity index (χ4n) is 1.52. The highest BCUT2D eigenvalue weighted by Crippen LogP contribution is 2.14. The van der Waals surface area contributed by atoms with Gasteiger partial charge in [-0.1, -0.05) is 17.9 Å². The molecule has 0 aliphatic carbocycles. The minimum Gasteiger partial charge on any atom is -0.487 e. The van der Waals surface area contributed by atoms with Crippen molar-refractivity contribution in [2.45, 2.75) is 6.61 Å². The third-order valence-corrected chi connectivity index (χ3v) is 2.42. The first-order valence-electron chi connectivity index (χ1n) is 5.85. The molecule has 0 aromatic carbocycles. The molecule has 98 valence electrons. The monoisotopic (exact) mass is 265 g/mol. The van der Waals surface area contributed by atoms with E-state index in [1.807, 2.05) is 6.07 Å². The summed E-state index contributed by atoms with van der Waals surface area (Å²) in [7, 11) is 0. The zero-order valence-corrected chi connectivity index (χ0v) is 10.6. The van der Waals surface area contributed by atoms with Gasteiger partial charge in [-0.2, -0.15) is 5.26 Å². The van der Waals surface area contributed by atoms with Crippen LogP contribution in [0.3, 0.4) is 0 Å². The molecule has 0 saturated carbocycles. The van der Waals surface area contributed by atoms with Crippen molar-refractivity contribution >= 4 is 0 Å². The molecule has 0 bridgehead atoms. The molecule has 0 radical (unpaired) electrons. The van der Waals surface area contributed by atoms with Gasteiger partial charge in [0.05, 0.1) is 6.20 Å². The van der Waals surface area contributed by atoms with E-state index in [0.29, 0.717) is 22.6 Å². The van der Waals surface area contributed by atoms with Crippen LogP contribution in [-0.4, -0.2) is 21.7 Å². The lowest BCUT2D eigenvalue weighted by molar-refractivity contribution is 0.304. The minimum absolute atomic E-state index is 0.202. The smallest absolute Gasteiger partial charge is 0.147 e. The molecule has 0 spiro atoms. The van der Waals surface area contributed by atoms with Gasteiger partial charge in [0, 0.05) is 23.5 Å². The van der Waals surface area contributed by atoms with Crippen LogP contribution in [0.4, 0.5) is 0 Å². The summed E-state index contributed by atoms with van der Waals surface area (Å²) in [4.78, 5) is 7.96. The van der Waals surface area contributed by atoms with Gasteiger partial charge in [0.1, 0.15) is 30.7 Å². The number of ether oxygens (including phenoxy) is 1. The zero-order valence-electron chi connectivity index (χ0n) is 10.6. The number of nitrogens with zero attached hydrogens (tertiary/aromatic N) is 3. The largest absolute Gasteiger partial charge is 0.487 e. The summed E-state index contributed by atoms with van der Waals surface area (Å²) >= 11 is 0. The Labute approximate surface area is 116 Å². The third kappa shape index (κ3) is 3.55. The Morgan fingerprint density at radius 2 is 2.25 bits per heavy atom. The van der Waals surface area contributed by atoms with E-state index in [1.165, 1.54) is 0 Å². The second-order valence-electron chi connectivity index (χ2n) is 3.78. The van der Waals surface area contributed by atoms with E-state index in [-0.39, 0.29) is 13.2 Å². The van der Waals surface area contributed by atoms with E-state index >= 15 is 0 Å². The number of hydrogen-bond acceptors (Lipinski definition) is 5. The first-order chi connectivity index (χ1) is 9.83. The molecule has 0 fully saturated rings. The number of aromatic nitrogens is 2. The molecule has 2 heterocycles. The van der Waals surface area contributed by atoms with Crippen LogP contribution in [0.15, 0.2) is 36.8 Å². The van der Waals surface area contributed by atoms with E-state index in [1.54, 1.807) is 36.8 Å². The van der Waals surface area contributed by atoms with Crippen LogP contribution in [0, 0.1) is 23.2 Å². The first kappa shape index (κ1) is 13.5. The highest BCUT2D eigenvalue weighted by molar-refractivity contribution is 5.37. The summed E-state index contributed by atoms with van der Waals surface area (Å²) in [6.45, 7) is 0.0294. The van der Waals surface area contributed by atoms with Crippen molar-refractivity contribution in [1.82, 2.24) is 9.97 Å². The lowest BCUT2D eigenvalue weighted by atomic mass is 10.2. The van der Waals surface area contributed by atoms with Crippen molar-refractivity contribution in [2.75, 3.05) is 6.61 Å². The molecule has 2 aromatic rings. The molecule has 5 nitrogen and oxygen atoms in total. The fourth-order valence-corrected chi connectivity index (χ4v) is 1.52. The molecular weight excluding hydrogens is 254 g/mol. The quantitative estimate of drug-likeness (QED) is 0.845. The second-order valence-corrected chi connectivity index (χ2v) is 3.78. The average Bonchev–Trinajstić information content (AvgIpc) is 2.51. The molecular formula is C15H11N3O2. The molecule has 2 aromatic heterocycles. The van der Waals surface area contributed by atoms with E-state index < -0.39 is 0 Å². The topological polar surface area (TPSA) is 79.0 Å². The maximum absolute atomic E-state index is 8.93. The zero-order chi connectivity index (χ0) is 14.2. The predicted molar refractivity (Wildman–Crippen MR) is 71.5 cm³/mol. The third-order valence-electron chi connectivity index (χ3n) is 2.42. The van der Waals surface area contributed by atoms with E-state index in [4.69, 9.17) is 15.1 Å². The van der Waals surface area contributed by atoms with Gasteiger partial charge in [-0.15, -0.1) is 0 Å². The Balaban J connectivity index is 2.09. The summed E-state index contributed by atoms with van der Waals surface area (Å²) in [6, 6.07) is 7.27. The molecule has 1 N–H and O–H groups in total. The number of nitriles is 1.